The van der Waals surface area contributed by atoms with E-state index in [2.05, 4.69) is 34.4 Å². The van der Waals surface area contributed by atoms with Crippen LogP contribution in [0.25, 0.3) is 0 Å². The quantitative estimate of drug-likeness (QED) is 0.743. The molecule has 0 aromatic carbocycles. The molecule has 0 atom stereocenters. The number of thiophene rings is 1. The van der Waals surface area contributed by atoms with Crippen LogP contribution in [0.2, 0.25) is 0 Å². The molecule has 0 bridgehead atoms. The molecule has 0 fully saturated rings. The lowest BCUT2D eigenvalue weighted by Crippen LogP contribution is -2.23. The second-order valence-corrected chi connectivity index (χ2v) is 8.30. The Labute approximate surface area is 155 Å². The fourth-order valence-corrected chi connectivity index (χ4v) is 4.45. The maximum atomic E-state index is 12.7. The Morgan fingerprint density at radius 1 is 1.31 bits per heavy atom. The van der Waals surface area contributed by atoms with Crippen LogP contribution in [-0.4, -0.2) is 34.0 Å². The monoisotopic (exact) mass is 374 g/mol. The van der Waals surface area contributed by atoms with Crippen molar-refractivity contribution in [1.29, 1.82) is 0 Å². The molecule has 1 aliphatic carbocycles. The molecule has 2 heterocycles. The number of fused-ring (bicyclic) bond motifs is 1. The Morgan fingerprint density at radius 3 is 2.73 bits per heavy atom. The first-order valence-corrected chi connectivity index (χ1v) is 9.27. The van der Waals surface area contributed by atoms with Gasteiger partial charge in [0, 0.05) is 23.8 Å². The van der Waals surface area contributed by atoms with Crippen molar-refractivity contribution >= 4 is 28.2 Å². The van der Waals surface area contributed by atoms with Crippen molar-refractivity contribution in [2.45, 2.75) is 39.7 Å². The molecule has 1 amide bonds. The fourth-order valence-electron chi connectivity index (χ4n) is 3.25. The van der Waals surface area contributed by atoms with Crippen molar-refractivity contribution in [3.8, 4) is 0 Å². The number of aromatic nitrogens is 2. The first kappa shape index (κ1) is 18.5. The van der Waals surface area contributed by atoms with Crippen molar-refractivity contribution in [1.82, 2.24) is 15.3 Å². The Bertz CT molecular complexity index is 860. The van der Waals surface area contributed by atoms with E-state index in [1.165, 1.54) is 23.7 Å². The van der Waals surface area contributed by atoms with Gasteiger partial charge in [0.05, 0.1) is 11.3 Å². The normalized spacial score (nSPS) is 15.3. The largest absolute Gasteiger partial charge is 0.478 e. The number of aromatic carboxylic acids is 1. The molecule has 138 valence electrons. The molecular weight excluding hydrogens is 352 g/mol. The zero-order valence-electron chi connectivity index (χ0n) is 15.0. The second kappa shape index (κ2) is 7.13. The summed E-state index contributed by atoms with van der Waals surface area (Å²) in [5.41, 5.74) is 1.84. The lowest BCUT2D eigenvalue weighted by molar-refractivity contribution is 0.0696. The van der Waals surface area contributed by atoms with Gasteiger partial charge < -0.3 is 15.7 Å². The number of amides is 1. The maximum absolute atomic E-state index is 12.7. The second-order valence-electron chi connectivity index (χ2n) is 7.19. The number of hydrogen-bond acceptors (Lipinski definition) is 6. The molecule has 0 aliphatic heterocycles. The molecule has 0 saturated carbocycles. The minimum absolute atomic E-state index is 0.0599. The zero-order valence-corrected chi connectivity index (χ0v) is 15.9. The summed E-state index contributed by atoms with van der Waals surface area (Å²) in [4.78, 5) is 33.9. The Balaban J connectivity index is 1.95. The number of rotatable bonds is 5. The number of anilines is 1. The van der Waals surface area contributed by atoms with Crippen LogP contribution in [0.3, 0.4) is 0 Å². The van der Waals surface area contributed by atoms with Gasteiger partial charge in [0.15, 0.2) is 5.69 Å². The average Bonchev–Trinajstić information content (AvgIpc) is 2.91. The third-order valence-corrected chi connectivity index (χ3v) is 5.76. The molecule has 2 aromatic rings. The molecular formula is C18H22N4O3S. The molecule has 0 spiro atoms. The highest BCUT2D eigenvalue weighted by atomic mass is 32.1. The van der Waals surface area contributed by atoms with E-state index in [1.807, 2.05) is 0 Å². The van der Waals surface area contributed by atoms with Gasteiger partial charge in [-0.15, -0.1) is 11.3 Å². The molecule has 0 radical (unpaired) electrons. The molecule has 7 nitrogen and oxygen atoms in total. The Hall–Kier alpha value is -2.32. The van der Waals surface area contributed by atoms with Gasteiger partial charge in [-0.25, -0.2) is 9.78 Å². The third kappa shape index (κ3) is 3.61. The van der Waals surface area contributed by atoms with Gasteiger partial charge in [-0.2, -0.15) is 0 Å². The predicted molar refractivity (Wildman–Crippen MR) is 99.8 cm³/mol. The standard InChI is InChI=1S/C18H22N4O3S/c1-18(2)5-4-12-10(8-18)13(17(24)25)16(26-12)22-15(23)14-11(9-19-3)20-6-7-21-14/h6-7,19H,4-5,8-9H2,1-3H3,(H,22,23)(H,24,25). The first-order valence-electron chi connectivity index (χ1n) is 8.46. The van der Waals surface area contributed by atoms with Crippen LogP contribution < -0.4 is 10.6 Å². The molecule has 3 rings (SSSR count). The van der Waals surface area contributed by atoms with Crippen molar-refractivity contribution in [2.75, 3.05) is 12.4 Å². The van der Waals surface area contributed by atoms with Crippen LogP contribution >= 0.6 is 11.3 Å². The lowest BCUT2D eigenvalue weighted by atomic mass is 9.76. The van der Waals surface area contributed by atoms with Crippen LogP contribution in [0.1, 0.15) is 57.2 Å². The van der Waals surface area contributed by atoms with Gasteiger partial charge in [-0.05, 0) is 37.3 Å². The van der Waals surface area contributed by atoms with Crippen LogP contribution in [0, 0.1) is 5.41 Å². The summed E-state index contributed by atoms with van der Waals surface area (Å²) in [5, 5.41) is 15.8. The number of carboxylic acids is 1. The van der Waals surface area contributed by atoms with Gasteiger partial charge >= 0.3 is 5.97 Å². The predicted octanol–water partition coefficient (Wildman–Crippen LogP) is 2.72. The molecule has 0 saturated heterocycles. The van der Waals surface area contributed by atoms with Crippen molar-refractivity contribution in [2.24, 2.45) is 5.41 Å². The third-order valence-electron chi connectivity index (χ3n) is 4.55. The van der Waals surface area contributed by atoms with Crippen LogP contribution in [0.15, 0.2) is 12.4 Å². The number of carboxylic acid groups (broad SMARTS) is 1. The molecule has 1 aliphatic rings. The van der Waals surface area contributed by atoms with Gasteiger partial charge in [-0.3, -0.25) is 9.78 Å². The summed E-state index contributed by atoms with van der Waals surface area (Å²) in [5.74, 6) is -1.45. The fraction of sp³-hybridized carbons (Fsp3) is 0.444. The SMILES string of the molecule is CNCc1nccnc1C(=O)Nc1sc2c(c1C(=O)O)CC(C)(C)CC2. The number of aryl methyl sites for hydroxylation is 1. The van der Waals surface area contributed by atoms with E-state index in [1.54, 1.807) is 7.05 Å². The van der Waals surface area contributed by atoms with Crippen LogP contribution in [-0.2, 0) is 19.4 Å². The van der Waals surface area contributed by atoms with Crippen LogP contribution in [0.5, 0.6) is 0 Å². The average molecular weight is 374 g/mol. The molecule has 2 aromatic heterocycles. The summed E-state index contributed by atoms with van der Waals surface area (Å²) in [7, 11) is 1.76. The van der Waals surface area contributed by atoms with E-state index < -0.39 is 11.9 Å². The molecule has 8 heteroatoms. The smallest absolute Gasteiger partial charge is 0.339 e. The lowest BCUT2D eigenvalue weighted by Gasteiger charge is -2.29. The number of carbonyl (C=O) groups is 2. The molecule has 26 heavy (non-hydrogen) atoms. The summed E-state index contributed by atoms with van der Waals surface area (Å²) in [6.07, 6.45) is 5.52. The van der Waals surface area contributed by atoms with E-state index in [4.69, 9.17) is 0 Å². The first-order chi connectivity index (χ1) is 12.3. The van der Waals surface area contributed by atoms with Crippen molar-refractivity contribution < 1.29 is 14.7 Å². The van der Waals surface area contributed by atoms with E-state index >= 15 is 0 Å². The van der Waals surface area contributed by atoms with Gasteiger partial charge in [-0.1, -0.05) is 13.8 Å². The van der Waals surface area contributed by atoms with E-state index in [9.17, 15) is 14.7 Å². The minimum Gasteiger partial charge on any atom is -0.478 e. The topological polar surface area (TPSA) is 104 Å². The summed E-state index contributed by atoms with van der Waals surface area (Å²) < 4.78 is 0. The zero-order chi connectivity index (χ0) is 18.9. The Kier molecular flexibility index (Phi) is 5.06. The van der Waals surface area contributed by atoms with Crippen molar-refractivity contribution in [3.05, 3.63) is 39.8 Å². The van der Waals surface area contributed by atoms with E-state index in [0.29, 0.717) is 23.7 Å². The minimum atomic E-state index is -1.01. The highest BCUT2D eigenvalue weighted by molar-refractivity contribution is 7.17. The molecule has 3 N–H and O–H groups in total. The summed E-state index contributed by atoms with van der Waals surface area (Å²) >= 11 is 1.36. The van der Waals surface area contributed by atoms with Gasteiger partial charge in [0.25, 0.3) is 5.91 Å². The molecule has 0 unspecified atom stereocenters. The summed E-state index contributed by atoms with van der Waals surface area (Å²) in [6.45, 7) is 4.68. The number of carbonyl (C=O) groups excluding carboxylic acids is 1. The van der Waals surface area contributed by atoms with Gasteiger partial charge in [0.1, 0.15) is 5.00 Å². The Morgan fingerprint density at radius 2 is 2.04 bits per heavy atom. The van der Waals surface area contributed by atoms with E-state index in [-0.39, 0.29) is 16.7 Å². The number of nitrogens with zero attached hydrogens (tertiary/aromatic N) is 2. The van der Waals surface area contributed by atoms with Gasteiger partial charge in [0.2, 0.25) is 0 Å². The van der Waals surface area contributed by atoms with Crippen LogP contribution in [0.4, 0.5) is 5.00 Å². The summed E-state index contributed by atoms with van der Waals surface area (Å²) in [6, 6.07) is 0. The van der Waals surface area contributed by atoms with Crippen molar-refractivity contribution in [3.63, 3.8) is 0 Å². The number of nitrogens with one attached hydrogen (secondary N) is 2. The highest BCUT2D eigenvalue weighted by Gasteiger charge is 2.33. The van der Waals surface area contributed by atoms with E-state index in [0.717, 1.165) is 23.3 Å². The maximum Gasteiger partial charge on any atom is 0.339 e. The number of hydrogen-bond donors (Lipinski definition) is 3. The highest BCUT2D eigenvalue weighted by Crippen LogP contribution is 2.43.